The van der Waals surface area contributed by atoms with Gasteiger partial charge in [-0.1, -0.05) is 18.9 Å². The first kappa shape index (κ1) is 14.5. The molecule has 19 heavy (non-hydrogen) atoms. The van der Waals surface area contributed by atoms with E-state index in [0.29, 0.717) is 19.3 Å². The molecular formula is C15H22O4. The van der Waals surface area contributed by atoms with Gasteiger partial charge in [-0.15, -0.1) is 6.42 Å². The van der Waals surface area contributed by atoms with E-state index in [1.54, 1.807) is 6.08 Å². The molecule has 2 rings (SSSR count). The zero-order valence-electron chi connectivity index (χ0n) is 11.2. The first-order chi connectivity index (χ1) is 9.15. The van der Waals surface area contributed by atoms with Gasteiger partial charge in [0.05, 0.1) is 36.6 Å². The number of aliphatic hydroxyl groups is 2. The van der Waals surface area contributed by atoms with E-state index < -0.39 is 12.2 Å². The molecule has 0 unspecified atom stereocenters. The van der Waals surface area contributed by atoms with Crippen LogP contribution in [0.1, 0.15) is 32.6 Å². The average molecular weight is 266 g/mol. The zero-order chi connectivity index (χ0) is 13.8. The van der Waals surface area contributed by atoms with Crippen LogP contribution in [0.3, 0.4) is 0 Å². The minimum Gasteiger partial charge on any atom is -0.390 e. The van der Waals surface area contributed by atoms with Crippen LogP contribution in [0.25, 0.3) is 0 Å². The number of aliphatic hydroxyl groups excluding tert-OH is 2. The summed E-state index contributed by atoms with van der Waals surface area (Å²) in [6, 6.07) is 0. The van der Waals surface area contributed by atoms with Gasteiger partial charge in [-0.05, 0) is 18.9 Å². The highest BCUT2D eigenvalue weighted by Crippen LogP contribution is 2.33. The van der Waals surface area contributed by atoms with Gasteiger partial charge in [0, 0.05) is 12.8 Å². The molecule has 0 radical (unpaired) electrons. The van der Waals surface area contributed by atoms with E-state index in [-0.39, 0.29) is 24.4 Å². The summed E-state index contributed by atoms with van der Waals surface area (Å²) in [6.45, 7) is 1.97. The van der Waals surface area contributed by atoms with Gasteiger partial charge in [0.25, 0.3) is 0 Å². The van der Waals surface area contributed by atoms with Crippen molar-refractivity contribution >= 4 is 0 Å². The standard InChI is InChI=1S/C15H22O4/c1-3-5-6-7-13-15-9-14(19-13)11(17)8-10(16)12(4-2)18-15/h1,5-6,10-17H,4,7-9H2,2H3/t10-,11+,12+,13-,14-,15-/m1/s1. The summed E-state index contributed by atoms with van der Waals surface area (Å²) in [5, 5.41) is 20.1. The van der Waals surface area contributed by atoms with E-state index in [1.165, 1.54) is 0 Å². The van der Waals surface area contributed by atoms with Crippen molar-refractivity contribution in [3.63, 3.8) is 0 Å². The molecule has 2 N–H and O–H groups in total. The highest BCUT2D eigenvalue weighted by Gasteiger charge is 2.43. The van der Waals surface area contributed by atoms with Gasteiger partial charge in [0.15, 0.2) is 0 Å². The number of terminal acetylenes is 1. The molecule has 0 aromatic rings. The topological polar surface area (TPSA) is 58.9 Å². The molecule has 0 spiro atoms. The fourth-order valence-corrected chi connectivity index (χ4v) is 2.85. The molecule has 0 aromatic carbocycles. The SMILES string of the molecule is C#CC=CC[C@H]1O[C@@H]2C[C@H]1O[C@@H](CC)[C@H](O)C[C@@H]2O. The Balaban J connectivity index is 2.07. The summed E-state index contributed by atoms with van der Waals surface area (Å²) in [5.74, 6) is 2.45. The van der Waals surface area contributed by atoms with Gasteiger partial charge < -0.3 is 19.7 Å². The van der Waals surface area contributed by atoms with Crippen molar-refractivity contribution in [2.75, 3.05) is 0 Å². The van der Waals surface area contributed by atoms with Crippen LogP contribution < -0.4 is 0 Å². The second-order valence-corrected chi connectivity index (χ2v) is 5.25. The molecule has 0 amide bonds. The number of rotatable bonds is 3. The number of fused-ring (bicyclic) bond motifs is 2. The number of ether oxygens (including phenoxy) is 2. The minimum atomic E-state index is -0.631. The third kappa shape index (κ3) is 3.37. The molecular weight excluding hydrogens is 244 g/mol. The van der Waals surface area contributed by atoms with Gasteiger partial charge in [-0.2, -0.15) is 0 Å². The van der Waals surface area contributed by atoms with E-state index in [4.69, 9.17) is 15.9 Å². The highest BCUT2D eigenvalue weighted by molar-refractivity contribution is 5.09. The van der Waals surface area contributed by atoms with Crippen LogP contribution in [0.4, 0.5) is 0 Å². The minimum absolute atomic E-state index is 0.0815. The molecule has 2 aliphatic rings. The third-order valence-electron chi connectivity index (χ3n) is 3.90. The van der Waals surface area contributed by atoms with Gasteiger partial charge in [0.1, 0.15) is 0 Å². The second-order valence-electron chi connectivity index (χ2n) is 5.25. The number of hydrogen-bond donors (Lipinski definition) is 2. The molecule has 106 valence electrons. The van der Waals surface area contributed by atoms with E-state index in [1.807, 2.05) is 13.0 Å². The highest BCUT2D eigenvalue weighted by atomic mass is 16.6. The fraction of sp³-hybridized carbons (Fsp3) is 0.733. The van der Waals surface area contributed by atoms with Gasteiger partial charge in [-0.3, -0.25) is 0 Å². The van der Waals surface area contributed by atoms with E-state index in [2.05, 4.69) is 5.92 Å². The Hall–Kier alpha value is -0.860. The molecule has 2 saturated heterocycles. The molecule has 2 bridgehead atoms. The quantitative estimate of drug-likeness (QED) is 0.749. The molecule has 0 saturated carbocycles. The molecule has 2 heterocycles. The summed E-state index contributed by atoms with van der Waals surface area (Å²) >= 11 is 0. The Morgan fingerprint density at radius 1 is 1.16 bits per heavy atom. The van der Waals surface area contributed by atoms with Crippen LogP contribution in [0.2, 0.25) is 0 Å². The molecule has 2 fully saturated rings. The monoisotopic (exact) mass is 266 g/mol. The lowest BCUT2D eigenvalue weighted by Gasteiger charge is -2.30. The van der Waals surface area contributed by atoms with Crippen molar-refractivity contribution < 1.29 is 19.7 Å². The van der Waals surface area contributed by atoms with Gasteiger partial charge in [-0.25, -0.2) is 0 Å². The van der Waals surface area contributed by atoms with Crippen molar-refractivity contribution in [1.29, 1.82) is 0 Å². The van der Waals surface area contributed by atoms with Crippen molar-refractivity contribution in [2.45, 2.75) is 69.2 Å². The predicted molar refractivity (Wildman–Crippen MR) is 71.5 cm³/mol. The summed E-state index contributed by atoms with van der Waals surface area (Å²) in [5.41, 5.74) is 0. The summed E-state index contributed by atoms with van der Waals surface area (Å²) in [6.07, 6.45) is 9.17. The normalized spacial score (nSPS) is 42.8. The van der Waals surface area contributed by atoms with Crippen LogP contribution in [0.15, 0.2) is 12.2 Å². The van der Waals surface area contributed by atoms with Crippen LogP contribution in [0.5, 0.6) is 0 Å². The summed E-state index contributed by atoms with van der Waals surface area (Å²) in [4.78, 5) is 0. The maximum Gasteiger partial charge on any atom is 0.0877 e. The fourth-order valence-electron chi connectivity index (χ4n) is 2.85. The summed E-state index contributed by atoms with van der Waals surface area (Å²) in [7, 11) is 0. The molecule has 4 heteroatoms. The Morgan fingerprint density at radius 2 is 1.89 bits per heavy atom. The first-order valence-corrected chi connectivity index (χ1v) is 6.93. The lowest BCUT2D eigenvalue weighted by Crippen LogP contribution is -2.41. The zero-order valence-corrected chi connectivity index (χ0v) is 11.2. The van der Waals surface area contributed by atoms with Gasteiger partial charge >= 0.3 is 0 Å². The third-order valence-corrected chi connectivity index (χ3v) is 3.90. The maximum atomic E-state index is 10.1. The van der Waals surface area contributed by atoms with Crippen molar-refractivity contribution in [3.8, 4) is 12.3 Å². The molecule has 6 atom stereocenters. The van der Waals surface area contributed by atoms with Crippen LogP contribution in [0, 0.1) is 12.3 Å². The van der Waals surface area contributed by atoms with Crippen molar-refractivity contribution in [2.24, 2.45) is 0 Å². The van der Waals surface area contributed by atoms with Gasteiger partial charge in [0.2, 0.25) is 0 Å². The average Bonchev–Trinajstić information content (AvgIpc) is 2.79. The lowest BCUT2D eigenvalue weighted by molar-refractivity contribution is -0.102. The van der Waals surface area contributed by atoms with E-state index >= 15 is 0 Å². The Labute approximate surface area is 114 Å². The predicted octanol–water partition coefficient (Wildman–Crippen LogP) is 1.01. The number of allylic oxidation sites excluding steroid dienone is 1. The molecule has 4 nitrogen and oxygen atoms in total. The van der Waals surface area contributed by atoms with Crippen LogP contribution in [-0.2, 0) is 9.47 Å². The first-order valence-electron chi connectivity index (χ1n) is 6.93. The van der Waals surface area contributed by atoms with Crippen LogP contribution in [-0.4, -0.2) is 46.8 Å². The Morgan fingerprint density at radius 3 is 2.58 bits per heavy atom. The molecule has 0 aliphatic carbocycles. The Kier molecular flexibility index (Phi) is 5.00. The van der Waals surface area contributed by atoms with E-state index in [9.17, 15) is 10.2 Å². The van der Waals surface area contributed by atoms with E-state index in [0.717, 1.165) is 6.42 Å². The maximum absolute atomic E-state index is 10.1. The van der Waals surface area contributed by atoms with Crippen molar-refractivity contribution in [1.82, 2.24) is 0 Å². The largest absolute Gasteiger partial charge is 0.390 e. The Bertz CT molecular complexity index is 360. The second kappa shape index (κ2) is 6.53. The van der Waals surface area contributed by atoms with Crippen molar-refractivity contribution in [3.05, 3.63) is 12.2 Å². The number of hydrogen-bond acceptors (Lipinski definition) is 4. The lowest BCUT2D eigenvalue weighted by atomic mass is 9.96. The van der Waals surface area contributed by atoms with Crippen LogP contribution >= 0.6 is 0 Å². The smallest absolute Gasteiger partial charge is 0.0877 e. The summed E-state index contributed by atoms with van der Waals surface area (Å²) < 4.78 is 11.8. The molecule has 0 aromatic heterocycles. The molecule has 2 aliphatic heterocycles.